The van der Waals surface area contributed by atoms with E-state index in [2.05, 4.69) is 57.5 Å². The van der Waals surface area contributed by atoms with Gasteiger partial charge in [-0.3, -0.25) is 53.1 Å². The fourth-order valence-corrected chi connectivity index (χ4v) is 8.19. The van der Waals surface area contributed by atoms with E-state index in [1.165, 1.54) is 6.92 Å². The third-order valence-electron chi connectivity index (χ3n) is 12.1. The maximum atomic E-state index is 14.6. The number of nitrogens with two attached hydrogens (primary N) is 5. The first-order chi connectivity index (χ1) is 36.2. The van der Waals surface area contributed by atoms with Crippen LogP contribution in [0.2, 0.25) is 0 Å². The summed E-state index contributed by atoms with van der Waals surface area (Å²) in [5, 5.41) is 31.7. The van der Waals surface area contributed by atoms with Crippen molar-refractivity contribution in [2.24, 2.45) is 38.7 Å². The minimum absolute atomic E-state index is 0.00680. The van der Waals surface area contributed by atoms with Crippen molar-refractivity contribution in [2.75, 3.05) is 19.6 Å². The third kappa shape index (κ3) is 20.6. The van der Waals surface area contributed by atoms with Crippen LogP contribution >= 0.6 is 0 Å². The summed E-state index contributed by atoms with van der Waals surface area (Å²) in [5.41, 5.74) is 29.3. The van der Waals surface area contributed by atoms with Crippen molar-refractivity contribution in [1.82, 2.24) is 47.5 Å². The van der Waals surface area contributed by atoms with Gasteiger partial charge in [-0.15, -0.1) is 0 Å². The molecule has 27 heteroatoms. The second-order valence-corrected chi connectivity index (χ2v) is 18.1. The summed E-state index contributed by atoms with van der Waals surface area (Å²) < 4.78 is 0. The number of aromatic amines is 1. The Morgan fingerprint density at radius 3 is 1.92 bits per heavy atom. The molecule has 1 aliphatic rings. The lowest BCUT2D eigenvalue weighted by Crippen LogP contribution is -2.60. The first-order valence-electron chi connectivity index (χ1n) is 24.8. The normalized spacial score (nSPS) is 20.9. The van der Waals surface area contributed by atoms with Crippen molar-refractivity contribution < 1.29 is 53.1 Å². The number of amides is 9. The maximum absolute atomic E-state index is 14.6. The molecule has 20 N–H and O–H groups in total. The smallest absolute Gasteiger partial charge is 0.326 e. The molecule has 1 aromatic heterocycles. The Balaban J connectivity index is 1.78. The van der Waals surface area contributed by atoms with Gasteiger partial charge in [-0.25, -0.2) is 4.79 Å². The van der Waals surface area contributed by atoms with E-state index in [-0.39, 0.29) is 89.3 Å². The standard InChI is InChI=1S/C49H70N16O11/c1-27(66)59-32(14-7-22-56-48(51)52)41(69)62-35-18-20-40(68)55-21-9-16-36(47(75)76)63-46(74)38(25-29-26-58-31-13-6-5-12-30(29)31)65-42(70)33(15-8-23-57-49(53)54)60-45(73)37(24-28-10-3-2-4-11-28)64-44(72)34(61-43(35)71)17-19-39(50)67/h2-6,10-13,26,32-38,58H,7-9,14-25H2,1H3,(H2,50,67)(H,55,68)(H,59,66)(H,60,73)(H,61,71)(H,62,69)(H,63,74)(H,64,72)(H,65,70)(H,75,76)(H4,51,52,56)(H4,53,54,57)/t32?,33?,34?,35-,36?,37+,38-/m0/s1. The zero-order chi connectivity index (χ0) is 55.7. The summed E-state index contributed by atoms with van der Waals surface area (Å²) in [4.78, 5) is 147. The van der Waals surface area contributed by atoms with Gasteiger partial charge in [0, 0.05) is 69.3 Å². The second kappa shape index (κ2) is 30.4. The van der Waals surface area contributed by atoms with Crippen LogP contribution in [0.15, 0.2) is 70.8 Å². The topological polar surface area (TPSA) is 458 Å². The SMILES string of the molecule is CC(=O)NC(CCCN=C(N)N)C(=O)N[C@H]1CCC(=O)NCCCC(C(=O)O)NC(=O)[C@H](Cc2c[nH]c3ccccc23)NC(=O)C(CCCN=C(N)N)NC(=O)[C@@H](Cc2ccccc2)NC(=O)C(CCC(N)=O)NC1=O. The summed E-state index contributed by atoms with van der Waals surface area (Å²) >= 11 is 0. The molecule has 4 unspecified atom stereocenters. The van der Waals surface area contributed by atoms with Crippen molar-refractivity contribution in [2.45, 2.75) is 126 Å². The number of nitrogens with one attached hydrogen (secondary N) is 9. The molecule has 7 atom stereocenters. The van der Waals surface area contributed by atoms with E-state index < -0.39 is 121 Å². The number of aliphatic carboxylic acids is 1. The van der Waals surface area contributed by atoms with Gasteiger partial charge in [-0.2, -0.15) is 0 Å². The number of para-hydroxylation sites is 1. The molecule has 1 aliphatic heterocycles. The molecule has 0 spiro atoms. The predicted octanol–water partition coefficient (Wildman–Crippen LogP) is -3.49. The first kappa shape index (κ1) is 59.8. The molecule has 1 saturated heterocycles. The molecule has 27 nitrogen and oxygen atoms in total. The van der Waals surface area contributed by atoms with Crippen LogP contribution in [0.25, 0.3) is 10.9 Å². The van der Waals surface area contributed by atoms with Crippen LogP contribution in [0, 0.1) is 0 Å². The van der Waals surface area contributed by atoms with Crippen LogP contribution in [0.4, 0.5) is 0 Å². The Labute approximate surface area is 437 Å². The minimum Gasteiger partial charge on any atom is -0.480 e. The van der Waals surface area contributed by atoms with Gasteiger partial charge < -0.3 is 81.3 Å². The summed E-state index contributed by atoms with van der Waals surface area (Å²) in [6, 6.07) is 5.38. The van der Waals surface area contributed by atoms with Crippen molar-refractivity contribution in [3.8, 4) is 0 Å². The molecule has 0 radical (unpaired) electrons. The molecular formula is C49H70N16O11. The lowest BCUT2D eigenvalue weighted by atomic mass is 10.0. The van der Waals surface area contributed by atoms with Crippen LogP contribution in [-0.2, 0) is 60.8 Å². The van der Waals surface area contributed by atoms with Crippen molar-refractivity contribution >= 4 is 82.0 Å². The molecule has 412 valence electrons. The minimum atomic E-state index is -1.60. The van der Waals surface area contributed by atoms with Crippen LogP contribution in [-0.4, -0.2) is 143 Å². The summed E-state index contributed by atoms with van der Waals surface area (Å²) in [6.07, 6.45) is -0.265. The Morgan fingerprint density at radius 1 is 0.697 bits per heavy atom. The van der Waals surface area contributed by atoms with Crippen LogP contribution < -0.4 is 71.2 Å². The number of primary amides is 1. The average molecular weight is 1060 g/mol. The number of aliphatic imine (C=N–C) groups is 2. The highest BCUT2D eigenvalue weighted by molar-refractivity contribution is 5.98. The fourth-order valence-electron chi connectivity index (χ4n) is 8.19. The average Bonchev–Trinajstić information content (AvgIpc) is 3.78. The van der Waals surface area contributed by atoms with E-state index in [0.717, 1.165) is 10.9 Å². The van der Waals surface area contributed by atoms with Gasteiger partial charge in [0.1, 0.15) is 42.3 Å². The highest BCUT2D eigenvalue weighted by Gasteiger charge is 2.35. The van der Waals surface area contributed by atoms with Gasteiger partial charge in [-0.05, 0) is 68.6 Å². The number of carboxylic acids is 1. The number of benzene rings is 2. The first-order valence-corrected chi connectivity index (χ1v) is 24.8. The summed E-state index contributed by atoms with van der Waals surface area (Å²) in [7, 11) is 0. The number of H-pyrrole nitrogens is 1. The highest BCUT2D eigenvalue weighted by atomic mass is 16.4. The number of nitrogens with zero attached hydrogens (tertiary/aromatic N) is 2. The monoisotopic (exact) mass is 1060 g/mol. The van der Waals surface area contributed by atoms with E-state index in [9.17, 15) is 53.1 Å². The Hall–Kier alpha value is -8.78. The van der Waals surface area contributed by atoms with Gasteiger partial charge >= 0.3 is 5.97 Å². The fraction of sp³-hybridized carbons (Fsp3) is 0.469. The zero-order valence-corrected chi connectivity index (χ0v) is 42.2. The van der Waals surface area contributed by atoms with Crippen molar-refractivity contribution in [3.05, 3.63) is 71.9 Å². The van der Waals surface area contributed by atoms with E-state index in [1.807, 2.05) is 0 Å². The number of fused-ring (bicyclic) bond motifs is 1. The largest absolute Gasteiger partial charge is 0.480 e. The molecule has 0 bridgehead atoms. The maximum Gasteiger partial charge on any atom is 0.326 e. The zero-order valence-electron chi connectivity index (χ0n) is 42.2. The lowest BCUT2D eigenvalue weighted by Gasteiger charge is -2.28. The molecule has 0 aliphatic carbocycles. The van der Waals surface area contributed by atoms with E-state index in [1.54, 1.807) is 60.8 Å². The Morgan fingerprint density at radius 2 is 1.28 bits per heavy atom. The number of aromatic nitrogens is 1. The van der Waals surface area contributed by atoms with Crippen LogP contribution in [0.3, 0.4) is 0 Å². The number of guanidine groups is 2. The Bertz CT molecular complexity index is 2580. The molecule has 2 heterocycles. The molecule has 9 amide bonds. The summed E-state index contributed by atoms with van der Waals surface area (Å²) in [5.74, 6) is -9.41. The lowest BCUT2D eigenvalue weighted by molar-refractivity contribution is -0.142. The van der Waals surface area contributed by atoms with Gasteiger partial charge in [-0.1, -0.05) is 48.5 Å². The molecular weight excluding hydrogens is 989 g/mol. The number of carboxylic acid groups (broad SMARTS) is 1. The van der Waals surface area contributed by atoms with Crippen molar-refractivity contribution in [3.63, 3.8) is 0 Å². The predicted molar refractivity (Wildman–Crippen MR) is 279 cm³/mol. The van der Waals surface area contributed by atoms with Gasteiger partial charge in [0.15, 0.2) is 11.9 Å². The number of carbonyl (C=O) groups is 10. The van der Waals surface area contributed by atoms with Gasteiger partial charge in [0.05, 0.1) is 0 Å². The van der Waals surface area contributed by atoms with E-state index in [4.69, 9.17) is 28.7 Å². The molecule has 3 aromatic rings. The Kier molecular flexibility index (Phi) is 23.9. The number of carbonyl (C=O) groups excluding carboxylic acids is 9. The van der Waals surface area contributed by atoms with Crippen LogP contribution in [0.1, 0.15) is 82.3 Å². The molecule has 1 fully saturated rings. The molecule has 2 aromatic carbocycles. The molecule has 4 rings (SSSR count). The molecule has 76 heavy (non-hydrogen) atoms. The van der Waals surface area contributed by atoms with Gasteiger partial charge in [0.25, 0.3) is 0 Å². The number of hydrogen-bond donors (Lipinski definition) is 15. The van der Waals surface area contributed by atoms with Gasteiger partial charge in [0.2, 0.25) is 53.2 Å². The second-order valence-electron chi connectivity index (χ2n) is 18.1. The number of hydrogen-bond acceptors (Lipinski definition) is 12. The quantitative estimate of drug-likeness (QED) is 0.0315. The van der Waals surface area contributed by atoms with E-state index in [0.29, 0.717) is 11.1 Å². The van der Waals surface area contributed by atoms with Crippen LogP contribution in [0.5, 0.6) is 0 Å². The third-order valence-corrected chi connectivity index (χ3v) is 12.1. The van der Waals surface area contributed by atoms with E-state index >= 15 is 0 Å². The van der Waals surface area contributed by atoms with Crippen molar-refractivity contribution in [1.29, 1.82) is 0 Å². The molecule has 0 saturated carbocycles. The number of rotatable bonds is 19. The summed E-state index contributed by atoms with van der Waals surface area (Å²) in [6.45, 7) is 1.18. The highest BCUT2D eigenvalue weighted by Crippen LogP contribution is 2.20.